The van der Waals surface area contributed by atoms with Crippen LogP contribution in [0.25, 0.3) is 22.3 Å². The van der Waals surface area contributed by atoms with Gasteiger partial charge in [-0.2, -0.15) is 0 Å². The molecule has 4 aromatic rings. The first kappa shape index (κ1) is 20.0. The molecule has 0 aromatic heterocycles. The van der Waals surface area contributed by atoms with Crippen LogP contribution in [-0.4, -0.2) is 20.8 Å². The van der Waals surface area contributed by atoms with Crippen molar-refractivity contribution in [1.82, 2.24) is 0 Å². The third kappa shape index (κ3) is 3.63. The summed E-state index contributed by atoms with van der Waals surface area (Å²) in [6.45, 7) is 0.505. The first-order valence-corrected chi connectivity index (χ1v) is 10.6. The molecule has 32 heavy (non-hydrogen) atoms. The standard InChI is InChI=1S/C29H24O3/c1-30-27-16-14-23(18-28(27)31-2)29-24-17-22(20-9-5-3-6-10-20)13-15-26(24)32-19-25(29)21-11-7-4-8-12-21/h3-18H,19H2,1-2H3. The molecule has 1 heterocycles. The van der Waals surface area contributed by atoms with Crippen LogP contribution in [0.2, 0.25) is 0 Å². The average Bonchev–Trinajstić information content (AvgIpc) is 2.88. The van der Waals surface area contributed by atoms with Crippen LogP contribution in [0.4, 0.5) is 0 Å². The van der Waals surface area contributed by atoms with Crippen molar-refractivity contribution in [2.24, 2.45) is 0 Å². The van der Waals surface area contributed by atoms with E-state index in [1.165, 1.54) is 5.56 Å². The minimum atomic E-state index is 0.505. The van der Waals surface area contributed by atoms with Gasteiger partial charge in [0.1, 0.15) is 12.4 Å². The summed E-state index contributed by atoms with van der Waals surface area (Å²) in [6, 6.07) is 33.3. The first-order valence-electron chi connectivity index (χ1n) is 10.6. The molecule has 1 aliphatic rings. The zero-order valence-electron chi connectivity index (χ0n) is 18.2. The quantitative estimate of drug-likeness (QED) is 0.359. The Hall–Kier alpha value is -3.98. The zero-order valence-corrected chi connectivity index (χ0v) is 18.2. The molecule has 0 saturated carbocycles. The highest BCUT2D eigenvalue weighted by Crippen LogP contribution is 2.44. The monoisotopic (exact) mass is 420 g/mol. The van der Waals surface area contributed by atoms with Gasteiger partial charge >= 0.3 is 0 Å². The van der Waals surface area contributed by atoms with Gasteiger partial charge in [0.25, 0.3) is 0 Å². The number of fused-ring (bicyclic) bond motifs is 1. The molecule has 4 aromatic carbocycles. The molecule has 158 valence electrons. The summed E-state index contributed by atoms with van der Waals surface area (Å²) >= 11 is 0. The lowest BCUT2D eigenvalue weighted by Crippen LogP contribution is -2.12. The van der Waals surface area contributed by atoms with E-state index < -0.39 is 0 Å². The Labute approximate surface area is 188 Å². The summed E-state index contributed by atoms with van der Waals surface area (Å²) in [4.78, 5) is 0. The Balaban J connectivity index is 1.76. The SMILES string of the molecule is COc1ccc(C2=C(c3ccccc3)COc3ccc(-c4ccccc4)cc32)cc1OC. The molecule has 5 rings (SSSR count). The van der Waals surface area contributed by atoms with Crippen molar-refractivity contribution in [1.29, 1.82) is 0 Å². The molecule has 3 nitrogen and oxygen atoms in total. The van der Waals surface area contributed by atoms with Gasteiger partial charge in [0.2, 0.25) is 0 Å². The van der Waals surface area contributed by atoms with Crippen LogP contribution in [0.1, 0.15) is 16.7 Å². The van der Waals surface area contributed by atoms with Crippen LogP contribution in [0.3, 0.4) is 0 Å². The summed E-state index contributed by atoms with van der Waals surface area (Å²) in [5.74, 6) is 2.30. The Kier molecular flexibility index (Phi) is 5.39. The summed E-state index contributed by atoms with van der Waals surface area (Å²) < 4.78 is 17.3. The van der Waals surface area contributed by atoms with Gasteiger partial charge < -0.3 is 14.2 Å². The Bertz CT molecular complexity index is 1270. The smallest absolute Gasteiger partial charge is 0.161 e. The topological polar surface area (TPSA) is 27.7 Å². The van der Waals surface area contributed by atoms with Gasteiger partial charge in [-0.1, -0.05) is 72.8 Å². The maximum Gasteiger partial charge on any atom is 0.161 e. The van der Waals surface area contributed by atoms with E-state index in [2.05, 4.69) is 72.8 Å². The summed E-state index contributed by atoms with van der Waals surface area (Å²) in [5, 5.41) is 0. The third-order valence-corrected chi connectivity index (χ3v) is 5.82. The van der Waals surface area contributed by atoms with Crippen molar-refractivity contribution in [2.45, 2.75) is 0 Å². The Morgan fingerprint density at radius 3 is 1.94 bits per heavy atom. The number of ether oxygens (including phenoxy) is 3. The lowest BCUT2D eigenvalue weighted by Gasteiger charge is -2.26. The predicted octanol–water partition coefficient (Wildman–Crippen LogP) is 6.72. The molecule has 0 radical (unpaired) electrons. The van der Waals surface area contributed by atoms with Crippen molar-refractivity contribution >= 4 is 11.1 Å². The van der Waals surface area contributed by atoms with Crippen LogP contribution in [0, 0.1) is 0 Å². The van der Waals surface area contributed by atoms with Crippen molar-refractivity contribution in [3.63, 3.8) is 0 Å². The van der Waals surface area contributed by atoms with E-state index in [4.69, 9.17) is 14.2 Å². The van der Waals surface area contributed by atoms with Crippen LogP contribution >= 0.6 is 0 Å². The van der Waals surface area contributed by atoms with Gasteiger partial charge in [-0.25, -0.2) is 0 Å². The Morgan fingerprint density at radius 2 is 1.25 bits per heavy atom. The maximum absolute atomic E-state index is 6.22. The van der Waals surface area contributed by atoms with E-state index >= 15 is 0 Å². The molecule has 0 unspecified atom stereocenters. The third-order valence-electron chi connectivity index (χ3n) is 5.82. The maximum atomic E-state index is 6.22. The van der Waals surface area contributed by atoms with E-state index in [0.717, 1.165) is 39.1 Å². The second-order valence-electron chi connectivity index (χ2n) is 7.65. The van der Waals surface area contributed by atoms with Gasteiger partial charge in [0.05, 0.1) is 14.2 Å². The molecule has 0 fully saturated rings. The second-order valence-corrected chi connectivity index (χ2v) is 7.65. The zero-order chi connectivity index (χ0) is 21.9. The Morgan fingerprint density at radius 1 is 0.594 bits per heavy atom. The fourth-order valence-electron chi connectivity index (χ4n) is 4.23. The molecule has 1 aliphatic heterocycles. The fraction of sp³-hybridized carbons (Fsp3) is 0.103. The molecular formula is C29H24O3. The molecular weight excluding hydrogens is 396 g/mol. The van der Waals surface area contributed by atoms with Gasteiger partial charge in [0, 0.05) is 11.1 Å². The largest absolute Gasteiger partial charge is 0.493 e. The molecule has 3 heteroatoms. The summed E-state index contributed by atoms with van der Waals surface area (Å²) in [5.41, 5.74) is 7.91. The van der Waals surface area contributed by atoms with E-state index in [1.807, 2.05) is 24.3 Å². The van der Waals surface area contributed by atoms with Crippen molar-refractivity contribution < 1.29 is 14.2 Å². The first-order chi connectivity index (χ1) is 15.8. The van der Waals surface area contributed by atoms with Crippen molar-refractivity contribution in [3.05, 3.63) is 114 Å². The highest BCUT2D eigenvalue weighted by Gasteiger charge is 2.24. The molecule has 0 amide bonds. The summed E-state index contributed by atoms with van der Waals surface area (Å²) in [7, 11) is 3.32. The predicted molar refractivity (Wildman–Crippen MR) is 129 cm³/mol. The molecule has 0 N–H and O–H groups in total. The van der Waals surface area contributed by atoms with Gasteiger partial charge in [-0.15, -0.1) is 0 Å². The molecule has 0 saturated heterocycles. The number of hydrogen-bond donors (Lipinski definition) is 0. The minimum Gasteiger partial charge on any atom is -0.493 e. The highest BCUT2D eigenvalue weighted by molar-refractivity contribution is 6.02. The van der Waals surface area contributed by atoms with Crippen LogP contribution in [0.5, 0.6) is 17.2 Å². The number of methoxy groups -OCH3 is 2. The van der Waals surface area contributed by atoms with E-state index in [0.29, 0.717) is 18.1 Å². The molecule has 0 spiro atoms. The average molecular weight is 421 g/mol. The highest BCUT2D eigenvalue weighted by atomic mass is 16.5. The van der Waals surface area contributed by atoms with Crippen LogP contribution < -0.4 is 14.2 Å². The number of rotatable bonds is 5. The molecule has 0 aliphatic carbocycles. The molecule has 0 atom stereocenters. The van der Waals surface area contributed by atoms with Crippen molar-refractivity contribution in [3.8, 4) is 28.4 Å². The fourth-order valence-corrected chi connectivity index (χ4v) is 4.23. The lowest BCUT2D eigenvalue weighted by atomic mass is 9.86. The normalized spacial score (nSPS) is 12.7. The van der Waals surface area contributed by atoms with Gasteiger partial charge in [-0.3, -0.25) is 0 Å². The van der Waals surface area contributed by atoms with Gasteiger partial charge in [-0.05, 0) is 52.1 Å². The van der Waals surface area contributed by atoms with Crippen molar-refractivity contribution in [2.75, 3.05) is 20.8 Å². The van der Waals surface area contributed by atoms with E-state index in [9.17, 15) is 0 Å². The second kappa shape index (κ2) is 8.64. The number of hydrogen-bond acceptors (Lipinski definition) is 3. The molecule has 0 bridgehead atoms. The summed E-state index contributed by atoms with van der Waals surface area (Å²) in [6.07, 6.45) is 0. The number of benzene rings is 4. The van der Waals surface area contributed by atoms with Crippen LogP contribution in [0.15, 0.2) is 97.1 Å². The van der Waals surface area contributed by atoms with Gasteiger partial charge in [0.15, 0.2) is 11.5 Å². The van der Waals surface area contributed by atoms with Crippen LogP contribution in [-0.2, 0) is 0 Å². The van der Waals surface area contributed by atoms with E-state index in [-0.39, 0.29) is 0 Å². The minimum absolute atomic E-state index is 0.505. The lowest BCUT2D eigenvalue weighted by molar-refractivity contribution is 0.354. The van der Waals surface area contributed by atoms with E-state index in [1.54, 1.807) is 14.2 Å².